The van der Waals surface area contributed by atoms with Crippen LogP contribution in [0.5, 0.6) is 0 Å². The van der Waals surface area contributed by atoms with Gasteiger partial charge in [0.1, 0.15) is 0 Å². The van der Waals surface area contributed by atoms with Crippen LogP contribution in [0.1, 0.15) is 50.2 Å². The lowest BCUT2D eigenvalue weighted by Crippen LogP contribution is -2.04. The van der Waals surface area contributed by atoms with Crippen LogP contribution in [0.15, 0.2) is 35.9 Å². The van der Waals surface area contributed by atoms with Crippen LogP contribution in [0.25, 0.3) is 0 Å². The molecule has 0 atom stereocenters. The van der Waals surface area contributed by atoms with Crippen LogP contribution >= 0.6 is 0 Å². The van der Waals surface area contributed by atoms with Crippen LogP contribution < -0.4 is 0 Å². The maximum Gasteiger partial charge on any atom is 0.162 e. The Balaban J connectivity index is 2.01. The van der Waals surface area contributed by atoms with Crippen molar-refractivity contribution >= 4 is 5.78 Å². The lowest BCUT2D eigenvalue weighted by Gasteiger charge is -2.07. The van der Waals surface area contributed by atoms with E-state index in [-0.39, 0.29) is 0 Å². The molecule has 0 fully saturated rings. The first-order chi connectivity index (χ1) is 8.16. The molecule has 90 valence electrons. The second-order valence-corrected chi connectivity index (χ2v) is 5.12. The molecule has 1 aromatic carbocycles. The van der Waals surface area contributed by atoms with Gasteiger partial charge in [0.2, 0.25) is 0 Å². The second kappa shape index (κ2) is 5.31. The first-order valence-corrected chi connectivity index (χ1v) is 6.48. The van der Waals surface area contributed by atoms with E-state index in [2.05, 4.69) is 44.2 Å². The summed E-state index contributed by atoms with van der Waals surface area (Å²) in [5.41, 5.74) is 3.51. The van der Waals surface area contributed by atoms with Gasteiger partial charge in [0.15, 0.2) is 5.78 Å². The summed E-state index contributed by atoms with van der Waals surface area (Å²) in [6.07, 6.45) is 5.86. The van der Waals surface area contributed by atoms with Crippen LogP contribution in [0, 0.1) is 0 Å². The van der Waals surface area contributed by atoms with Crippen LogP contribution in [0.2, 0.25) is 0 Å². The van der Waals surface area contributed by atoms with Crippen molar-refractivity contribution in [3.63, 3.8) is 0 Å². The summed E-state index contributed by atoms with van der Waals surface area (Å²) in [7, 11) is 0. The fraction of sp³-hybridized carbons (Fsp3) is 0.438. The fourth-order valence-electron chi connectivity index (χ4n) is 2.24. The van der Waals surface area contributed by atoms with Crippen molar-refractivity contribution in [3.8, 4) is 0 Å². The van der Waals surface area contributed by atoms with Crippen LogP contribution in [0.3, 0.4) is 0 Å². The van der Waals surface area contributed by atoms with E-state index in [0.717, 1.165) is 30.4 Å². The molecule has 0 aromatic heterocycles. The van der Waals surface area contributed by atoms with Gasteiger partial charge in [-0.1, -0.05) is 44.2 Å². The summed E-state index contributed by atoms with van der Waals surface area (Å²) < 4.78 is 0. The minimum atomic E-state index is 0.305. The lowest BCUT2D eigenvalue weighted by atomic mass is 9.98. The average molecular weight is 228 g/mol. The smallest absolute Gasteiger partial charge is 0.162 e. The molecule has 0 heterocycles. The van der Waals surface area contributed by atoms with E-state index in [1.165, 1.54) is 5.56 Å². The molecule has 0 aliphatic heterocycles. The largest absolute Gasteiger partial charge is 0.294 e. The van der Waals surface area contributed by atoms with Gasteiger partial charge in [0.05, 0.1) is 0 Å². The summed E-state index contributed by atoms with van der Waals surface area (Å²) in [5.74, 6) is 0.858. The molecule has 1 aliphatic rings. The van der Waals surface area contributed by atoms with E-state index in [9.17, 15) is 4.79 Å². The highest BCUT2D eigenvalue weighted by molar-refractivity contribution is 5.97. The van der Waals surface area contributed by atoms with E-state index in [1.807, 2.05) is 0 Å². The van der Waals surface area contributed by atoms with Crippen molar-refractivity contribution in [2.24, 2.45) is 0 Å². The van der Waals surface area contributed by atoms with Crippen LogP contribution in [-0.4, -0.2) is 5.78 Å². The van der Waals surface area contributed by atoms with Gasteiger partial charge in [-0.2, -0.15) is 0 Å². The molecule has 0 spiro atoms. The molecule has 0 amide bonds. The monoisotopic (exact) mass is 228 g/mol. The quantitative estimate of drug-likeness (QED) is 0.760. The molecular weight excluding hydrogens is 208 g/mol. The van der Waals surface area contributed by atoms with Gasteiger partial charge in [0, 0.05) is 6.42 Å². The van der Waals surface area contributed by atoms with E-state index in [4.69, 9.17) is 0 Å². The molecular formula is C16H20O. The maximum atomic E-state index is 12.0. The molecule has 1 aromatic rings. The Morgan fingerprint density at radius 3 is 2.47 bits per heavy atom. The molecule has 17 heavy (non-hydrogen) atoms. The number of benzene rings is 1. The van der Waals surface area contributed by atoms with Gasteiger partial charge in [-0.25, -0.2) is 0 Å². The molecule has 1 aliphatic carbocycles. The molecule has 0 bridgehead atoms. The van der Waals surface area contributed by atoms with Gasteiger partial charge in [-0.05, 0) is 41.9 Å². The van der Waals surface area contributed by atoms with E-state index in [1.54, 1.807) is 0 Å². The Bertz CT molecular complexity index is 423. The second-order valence-electron chi connectivity index (χ2n) is 5.12. The summed E-state index contributed by atoms with van der Waals surface area (Å²) in [6, 6.07) is 8.44. The van der Waals surface area contributed by atoms with Gasteiger partial charge in [-0.15, -0.1) is 0 Å². The fourth-order valence-corrected chi connectivity index (χ4v) is 2.24. The minimum absolute atomic E-state index is 0.305. The number of Topliss-reactive ketones (excluding diaryl/α,β-unsaturated/α-hetero) is 1. The third kappa shape index (κ3) is 3.06. The number of allylic oxidation sites excluding steroid dienone is 2. The summed E-state index contributed by atoms with van der Waals surface area (Å²) >= 11 is 0. The van der Waals surface area contributed by atoms with E-state index < -0.39 is 0 Å². The van der Waals surface area contributed by atoms with Crippen molar-refractivity contribution < 1.29 is 4.79 Å². The number of ketones is 1. The third-order valence-corrected chi connectivity index (χ3v) is 3.41. The zero-order valence-electron chi connectivity index (χ0n) is 10.7. The Hall–Kier alpha value is -1.37. The summed E-state index contributed by atoms with van der Waals surface area (Å²) in [4.78, 5) is 12.0. The number of carbonyl (C=O) groups is 1. The third-order valence-electron chi connectivity index (χ3n) is 3.41. The first kappa shape index (κ1) is 12.1. The maximum absolute atomic E-state index is 12.0. The number of hydrogen-bond acceptors (Lipinski definition) is 1. The normalized spacial score (nSPS) is 15.1. The molecule has 2 rings (SSSR count). The van der Waals surface area contributed by atoms with E-state index in [0.29, 0.717) is 18.1 Å². The summed E-state index contributed by atoms with van der Waals surface area (Å²) in [6.45, 7) is 4.37. The molecule has 1 heteroatoms. The predicted octanol–water partition coefficient (Wildman–Crippen LogP) is 4.03. The lowest BCUT2D eigenvalue weighted by molar-refractivity contribution is -0.115. The molecule has 0 unspecified atom stereocenters. The summed E-state index contributed by atoms with van der Waals surface area (Å²) in [5, 5.41) is 0. The van der Waals surface area contributed by atoms with Crippen molar-refractivity contribution in [2.45, 2.75) is 45.4 Å². The molecule has 0 saturated heterocycles. The molecule has 1 nitrogen and oxygen atoms in total. The van der Waals surface area contributed by atoms with Crippen LogP contribution in [0.4, 0.5) is 0 Å². The SMILES string of the molecule is CC(C)c1ccc(CC(=O)C2=CCCC2)cc1. The zero-order valence-corrected chi connectivity index (χ0v) is 10.7. The standard InChI is InChI=1S/C16H20O/c1-12(2)14-9-7-13(8-10-14)11-16(17)15-5-3-4-6-15/h5,7-10,12H,3-4,6,11H2,1-2H3. The van der Waals surface area contributed by atoms with Gasteiger partial charge < -0.3 is 0 Å². The molecule has 0 N–H and O–H groups in total. The van der Waals surface area contributed by atoms with Crippen molar-refractivity contribution in [1.29, 1.82) is 0 Å². The Morgan fingerprint density at radius 2 is 1.94 bits per heavy atom. The Labute approximate surface area is 104 Å². The van der Waals surface area contributed by atoms with Crippen molar-refractivity contribution in [3.05, 3.63) is 47.0 Å². The zero-order chi connectivity index (χ0) is 12.3. The van der Waals surface area contributed by atoms with Gasteiger partial charge >= 0.3 is 0 Å². The topological polar surface area (TPSA) is 17.1 Å². The highest BCUT2D eigenvalue weighted by atomic mass is 16.1. The number of carbonyl (C=O) groups excluding carboxylic acids is 1. The van der Waals surface area contributed by atoms with Crippen molar-refractivity contribution in [2.75, 3.05) is 0 Å². The Morgan fingerprint density at radius 1 is 1.24 bits per heavy atom. The first-order valence-electron chi connectivity index (χ1n) is 6.48. The highest BCUT2D eigenvalue weighted by Crippen LogP contribution is 2.21. The minimum Gasteiger partial charge on any atom is -0.294 e. The number of rotatable bonds is 4. The molecule has 0 saturated carbocycles. The average Bonchev–Trinajstić information content (AvgIpc) is 2.83. The van der Waals surface area contributed by atoms with Gasteiger partial charge in [0.25, 0.3) is 0 Å². The number of hydrogen-bond donors (Lipinski definition) is 0. The van der Waals surface area contributed by atoms with E-state index >= 15 is 0 Å². The van der Waals surface area contributed by atoms with Crippen molar-refractivity contribution in [1.82, 2.24) is 0 Å². The highest BCUT2D eigenvalue weighted by Gasteiger charge is 2.13. The molecule has 0 radical (unpaired) electrons. The van der Waals surface area contributed by atoms with Crippen LogP contribution in [-0.2, 0) is 11.2 Å². The van der Waals surface area contributed by atoms with Gasteiger partial charge in [-0.3, -0.25) is 4.79 Å². The predicted molar refractivity (Wildman–Crippen MR) is 71.2 cm³/mol. The Kier molecular flexibility index (Phi) is 3.78.